The van der Waals surface area contributed by atoms with Gasteiger partial charge in [-0.3, -0.25) is 4.79 Å². The van der Waals surface area contributed by atoms with Gasteiger partial charge in [0.2, 0.25) is 6.29 Å². The molecule has 2 heteroatoms. The Bertz CT molecular complexity index is 132. The number of hydrogen-bond acceptors (Lipinski definition) is 2. The van der Waals surface area contributed by atoms with Crippen molar-refractivity contribution >= 4 is 6.29 Å². The van der Waals surface area contributed by atoms with Gasteiger partial charge in [-0.05, 0) is 6.42 Å². The summed E-state index contributed by atoms with van der Waals surface area (Å²) in [6.07, 6.45) is 2.91. The molecule has 9 heavy (non-hydrogen) atoms. The molecule has 0 rings (SSSR count). The van der Waals surface area contributed by atoms with Crippen molar-refractivity contribution in [2.45, 2.75) is 26.7 Å². The molecule has 0 bridgehead atoms. The van der Waals surface area contributed by atoms with Gasteiger partial charge < -0.3 is 0 Å². The van der Waals surface area contributed by atoms with Gasteiger partial charge in [-0.2, -0.15) is 5.26 Å². The minimum Gasteiger partial charge on any atom is -0.290 e. The summed E-state index contributed by atoms with van der Waals surface area (Å²) in [5.41, 5.74) is -0.435. The summed E-state index contributed by atoms with van der Waals surface area (Å²) in [5, 5.41) is 8.15. The first-order valence-electron chi connectivity index (χ1n) is 2.88. The first-order chi connectivity index (χ1) is 4.12. The standard InChI is InChI=1S/C7H10NO/c1-7(2,6-9)4-3-5-8/h3-4H2,1-2H3. The lowest BCUT2D eigenvalue weighted by atomic mass is 9.90. The molecule has 0 fully saturated rings. The van der Waals surface area contributed by atoms with E-state index in [1.807, 2.05) is 12.4 Å². The fourth-order valence-electron chi connectivity index (χ4n) is 0.419. The van der Waals surface area contributed by atoms with Gasteiger partial charge in [0, 0.05) is 11.8 Å². The van der Waals surface area contributed by atoms with E-state index in [2.05, 4.69) is 0 Å². The number of hydrogen-bond donors (Lipinski definition) is 0. The molecule has 0 aliphatic carbocycles. The Morgan fingerprint density at radius 3 is 2.44 bits per heavy atom. The third-order valence-corrected chi connectivity index (χ3v) is 1.14. The Labute approximate surface area is 55.5 Å². The van der Waals surface area contributed by atoms with Crippen LogP contribution in [0.5, 0.6) is 0 Å². The minimum atomic E-state index is -0.435. The van der Waals surface area contributed by atoms with Crippen LogP contribution >= 0.6 is 0 Å². The molecule has 49 valence electrons. The van der Waals surface area contributed by atoms with E-state index < -0.39 is 5.41 Å². The van der Waals surface area contributed by atoms with Crippen LogP contribution in [0.4, 0.5) is 0 Å². The van der Waals surface area contributed by atoms with Crippen molar-refractivity contribution in [3.63, 3.8) is 0 Å². The van der Waals surface area contributed by atoms with Crippen molar-refractivity contribution in [3.8, 4) is 6.07 Å². The van der Waals surface area contributed by atoms with Gasteiger partial charge in [0.05, 0.1) is 6.07 Å². The fourth-order valence-corrected chi connectivity index (χ4v) is 0.419. The molecule has 0 spiro atoms. The van der Waals surface area contributed by atoms with E-state index in [-0.39, 0.29) is 0 Å². The lowest BCUT2D eigenvalue weighted by molar-refractivity contribution is 0.429. The van der Waals surface area contributed by atoms with Crippen LogP contribution in [0.1, 0.15) is 26.7 Å². The molecule has 0 atom stereocenters. The third kappa shape index (κ3) is 3.72. The second-order valence-electron chi connectivity index (χ2n) is 2.64. The number of rotatable bonds is 3. The van der Waals surface area contributed by atoms with Gasteiger partial charge in [0.25, 0.3) is 0 Å². The quantitative estimate of drug-likeness (QED) is 0.571. The van der Waals surface area contributed by atoms with E-state index in [4.69, 9.17) is 5.26 Å². The van der Waals surface area contributed by atoms with E-state index in [0.29, 0.717) is 12.8 Å². The van der Waals surface area contributed by atoms with Gasteiger partial charge in [-0.25, -0.2) is 0 Å². The van der Waals surface area contributed by atoms with Crippen LogP contribution in [0.3, 0.4) is 0 Å². The van der Waals surface area contributed by atoms with Gasteiger partial charge in [0.15, 0.2) is 0 Å². The zero-order valence-corrected chi connectivity index (χ0v) is 5.77. The summed E-state index contributed by atoms with van der Waals surface area (Å²) in [7, 11) is 0. The van der Waals surface area contributed by atoms with Crippen LogP contribution in [0.15, 0.2) is 0 Å². The minimum absolute atomic E-state index is 0.433. The molecular formula is C7H10NO. The van der Waals surface area contributed by atoms with Gasteiger partial charge in [-0.15, -0.1) is 0 Å². The first kappa shape index (κ1) is 8.16. The molecule has 0 amide bonds. The summed E-state index contributed by atoms with van der Waals surface area (Å²) in [6, 6.07) is 1.98. The monoisotopic (exact) mass is 124 g/mol. The summed E-state index contributed by atoms with van der Waals surface area (Å²) >= 11 is 0. The van der Waals surface area contributed by atoms with Crippen LogP contribution < -0.4 is 0 Å². The maximum atomic E-state index is 10.1. The Morgan fingerprint density at radius 1 is 1.56 bits per heavy atom. The molecule has 0 aromatic carbocycles. The van der Waals surface area contributed by atoms with Crippen molar-refractivity contribution in [3.05, 3.63) is 0 Å². The molecule has 0 heterocycles. The predicted molar refractivity (Wildman–Crippen MR) is 34.3 cm³/mol. The van der Waals surface area contributed by atoms with Crippen molar-refractivity contribution < 1.29 is 4.79 Å². The summed E-state index contributed by atoms with van der Waals surface area (Å²) < 4.78 is 0. The molecule has 1 radical (unpaired) electrons. The highest BCUT2D eigenvalue weighted by Crippen LogP contribution is 2.17. The van der Waals surface area contributed by atoms with Crippen LogP contribution in [0.2, 0.25) is 0 Å². The van der Waals surface area contributed by atoms with Crippen LogP contribution in [-0.2, 0) is 4.79 Å². The smallest absolute Gasteiger partial charge is 0.204 e. The molecule has 0 aliphatic rings. The van der Waals surface area contributed by atoms with E-state index in [1.165, 1.54) is 0 Å². The largest absolute Gasteiger partial charge is 0.290 e. The Hall–Kier alpha value is -0.840. The molecule has 0 aromatic rings. The van der Waals surface area contributed by atoms with Crippen molar-refractivity contribution in [1.82, 2.24) is 0 Å². The lowest BCUT2D eigenvalue weighted by Crippen LogP contribution is -2.11. The third-order valence-electron chi connectivity index (χ3n) is 1.14. The summed E-state index contributed by atoms with van der Waals surface area (Å²) in [4.78, 5) is 10.1. The second kappa shape index (κ2) is 3.24. The normalized spacial score (nSPS) is 10.3. The average Bonchev–Trinajstić information content (AvgIpc) is 1.84. The number of nitriles is 1. The zero-order chi connectivity index (χ0) is 7.33. The van der Waals surface area contributed by atoms with Crippen LogP contribution in [0.25, 0.3) is 0 Å². The topological polar surface area (TPSA) is 40.9 Å². The molecule has 0 aliphatic heterocycles. The Kier molecular flexibility index (Phi) is 2.94. The van der Waals surface area contributed by atoms with E-state index in [1.54, 1.807) is 13.8 Å². The SMILES string of the molecule is CC(C)([C]=O)CCC#N. The molecule has 0 saturated heterocycles. The van der Waals surface area contributed by atoms with Gasteiger partial charge in [-0.1, -0.05) is 13.8 Å². The average molecular weight is 124 g/mol. The maximum absolute atomic E-state index is 10.1. The highest BCUT2D eigenvalue weighted by molar-refractivity contribution is 5.58. The number of carbonyl (C=O) groups excluding carboxylic acids is 1. The zero-order valence-electron chi connectivity index (χ0n) is 5.77. The highest BCUT2D eigenvalue weighted by atomic mass is 16.1. The van der Waals surface area contributed by atoms with Gasteiger partial charge in [0.1, 0.15) is 0 Å². The second-order valence-corrected chi connectivity index (χ2v) is 2.64. The van der Waals surface area contributed by atoms with E-state index >= 15 is 0 Å². The van der Waals surface area contributed by atoms with E-state index in [9.17, 15) is 4.79 Å². The first-order valence-corrected chi connectivity index (χ1v) is 2.88. The van der Waals surface area contributed by atoms with Crippen molar-refractivity contribution in [2.75, 3.05) is 0 Å². The molecule has 0 unspecified atom stereocenters. The Morgan fingerprint density at radius 2 is 2.11 bits per heavy atom. The van der Waals surface area contributed by atoms with Crippen LogP contribution in [-0.4, -0.2) is 6.29 Å². The molecule has 0 N–H and O–H groups in total. The summed E-state index contributed by atoms with van der Waals surface area (Å²) in [6.45, 7) is 3.55. The summed E-state index contributed by atoms with van der Waals surface area (Å²) in [5.74, 6) is 0. The molecule has 2 nitrogen and oxygen atoms in total. The van der Waals surface area contributed by atoms with Gasteiger partial charge >= 0.3 is 0 Å². The highest BCUT2D eigenvalue weighted by Gasteiger charge is 2.16. The van der Waals surface area contributed by atoms with Crippen molar-refractivity contribution in [2.24, 2.45) is 5.41 Å². The molecule has 0 aromatic heterocycles. The number of nitrogens with zero attached hydrogens (tertiary/aromatic N) is 1. The van der Waals surface area contributed by atoms with E-state index in [0.717, 1.165) is 0 Å². The lowest BCUT2D eigenvalue weighted by Gasteiger charge is -2.11. The predicted octanol–water partition coefficient (Wildman–Crippen LogP) is 1.43. The van der Waals surface area contributed by atoms with Crippen molar-refractivity contribution in [1.29, 1.82) is 5.26 Å². The molecular weight excluding hydrogens is 114 g/mol. The fraction of sp³-hybridized carbons (Fsp3) is 0.714. The molecule has 0 saturated carbocycles. The Balaban J connectivity index is 3.61. The van der Waals surface area contributed by atoms with Crippen LogP contribution in [0, 0.1) is 16.7 Å². The maximum Gasteiger partial charge on any atom is 0.204 e.